The minimum atomic E-state index is 0. The molecular weight excluding hydrogens is 451 g/mol. The molecule has 1 saturated carbocycles. The van der Waals surface area contributed by atoms with Crippen molar-refractivity contribution in [3.8, 4) is 0 Å². The summed E-state index contributed by atoms with van der Waals surface area (Å²) < 4.78 is 5.77. The Morgan fingerprint density at radius 1 is 1.22 bits per heavy atom. The summed E-state index contributed by atoms with van der Waals surface area (Å²) in [6.07, 6.45) is 3.69. The van der Waals surface area contributed by atoms with Crippen LogP contribution in [-0.2, 0) is 11.2 Å². The average molecular weight is 488 g/mol. The van der Waals surface area contributed by atoms with E-state index in [-0.39, 0.29) is 24.0 Å². The van der Waals surface area contributed by atoms with Crippen molar-refractivity contribution in [2.24, 2.45) is 10.9 Å². The van der Waals surface area contributed by atoms with Crippen LogP contribution in [0.3, 0.4) is 0 Å². The number of benzene rings is 1. The van der Waals surface area contributed by atoms with Crippen molar-refractivity contribution in [2.45, 2.75) is 32.2 Å². The Morgan fingerprint density at radius 3 is 2.52 bits per heavy atom. The molecule has 1 aliphatic carbocycles. The lowest BCUT2D eigenvalue weighted by atomic mass is 10.1. The van der Waals surface area contributed by atoms with Gasteiger partial charge in [-0.2, -0.15) is 0 Å². The SMILES string of the molecule is CCNC(=NCC(Cc1ccccc1)N(C)C)N(C)CCOCC1CC1.I. The Balaban J connectivity index is 0.00000364. The first kappa shape index (κ1) is 24.2. The average Bonchev–Trinajstić information content (AvgIpc) is 3.46. The minimum Gasteiger partial charge on any atom is -0.379 e. The van der Waals surface area contributed by atoms with Crippen LogP contribution in [0.4, 0.5) is 0 Å². The van der Waals surface area contributed by atoms with Crippen molar-refractivity contribution in [3.05, 3.63) is 35.9 Å². The molecule has 0 heterocycles. The molecule has 1 unspecified atom stereocenters. The maximum atomic E-state index is 5.77. The molecule has 154 valence electrons. The first-order chi connectivity index (χ1) is 12.6. The highest BCUT2D eigenvalue weighted by Gasteiger charge is 2.21. The molecule has 1 atom stereocenters. The molecule has 1 aliphatic rings. The number of aliphatic imine (C=N–C) groups is 1. The van der Waals surface area contributed by atoms with Gasteiger partial charge in [-0.05, 0) is 51.8 Å². The number of ether oxygens (including phenoxy) is 1. The minimum absolute atomic E-state index is 0. The lowest BCUT2D eigenvalue weighted by Crippen LogP contribution is -2.42. The van der Waals surface area contributed by atoms with Gasteiger partial charge in [-0.25, -0.2) is 0 Å². The Hall–Kier alpha value is -0.860. The third-order valence-electron chi connectivity index (χ3n) is 4.81. The highest BCUT2D eigenvalue weighted by molar-refractivity contribution is 14.0. The van der Waals surface area contributed by atoms with Gasteiger partial charge >= 0.3 is 0 Å². The Kier molecular flexibility index (Phi) is 11.9. The Labute approximate surface area is 182 Å². The number of nitrogens with one attached hydrogen (secondary N) is 1. The van der Waals surface area contributed by atoms with Crippen LogP contribution in [-0.4, -0.2) is 75.8 Å². The zero-order valence-corrected chi connectivity index (χ0v) is 19.7. The molecule has 6 heteroatoms. The summed E-state index contributed by atoms with van der Waals surface area (Å²) in [5, 5.41) is 3.40. The van der Waals surface area contributed by atoms with Gasteiger partial charge in [0.1, 0.15) is 0 Å². The van der Waals surface area contributed by atoms with Crippen molar-refractivity contribution < 1.29 is 4.74 Å². The second kappa shape index (κ2) is 13.3. The normalized spacial score (nSPS) is 15.4. The second-order valence-electron chi connectivity index (χ2n) is 7.44. The van der Waals surface area contributed by atoms with E-state index in [1.807, 2.05) is 0 Å². The molecule has 0 radical (unpaired) electrons. The quantitative estimate of drug-likeness (QED) is 0.225. The van der Waals surface area contributed by atoms with Crippen LogP contribution >= 0.6 is 24.0 Å². The summed E-state index contributed by atoms with van der Waals surface area (Å²) in [4.78, 5) is 9.33. The van der Waals surface area contributed by atoms with Gasteiger partial charge in [0.05, 0.1) is 13.2 Å². The van der Waals surface area contributed by atoms with E-state index in [0.717, 1.165) is 51.1 Å². The number of halogens is 1. The second-order valence-corrected chi connectivity index (χ2v) is 7.44. The van der Waals surface area contributed by atoms with Crippen molar-refractivity contribution in [2.75, 3.05) is 54.0 Å². The standard InChI is InChI=1S/C21H36N4O.HI/c1-5-22-21(25(4)13-14-26-17-19-11-12-19)23-16-20(24(2)3)15-18-9-7-6-8-10-18;/h6-10,19-20H,5,11-17H2,1-4H3,(H,22,23);1H. The van der Waals surface area contributed by atoms with E-state index in [1.54, 1.807) is 0 Å². The van der Waals surface area contributed by atoms with E-state index in [2.05, 4.69) is 73.5 Å². The number of guanidine groups is 1. The molecule has 27 heavy (non-hydrogen) atoms. The molecule has 1 fully saturated rings. The van der Waals surface area contributed by atoms with Crippen LogP contribution in [0.1, 0.15) is 25.3 Å². The highest BCUT2D eigenvalue weighted by atomic mass is 127. The van der Waals surface area contributed by atoms with Crippen molar-refractivity contribution in [1.82, 2.24) is 15.1 Å². The molecule has 2 rings (SSSR count). The molecule has 1 aromatic carbocycles. The topological polar surface area (TPSA) is 40.1 Å². The molecule has 1 aromatic rings. The van der Waals surface area contributed by atoms with Gasteiger partial charge in [-0.15, -0.1) is 24.0 Å². The van der Waals surface area contributed by atoms with Crippen LogP contribution in [0.2, 0.25) is 0 Å². The molecule has 0 aromatic heterocycles. The fraction of sp³-hybridized carbons (Fsp3) is 0.667. The molecule has 0 spiro atoms. The van der Waals surface area contributed by atoms with E-state index in [4.69, 9.17) is 9.73 Å². The third kappa shape index (κ3) is 9.76. The molecule has 0 aliphatic heterocycles. The van der Waals surface area contributed by atoms with Crippen LogP contribution in [0, 0.1) is 5.92 Å². The lowest BCUT2D eigenvalue weighted by molar-refractivity contribution is 0.115. The first-order valence-corrected chi connectivity index (χ1v) is 9.87. The monoisotopic (exact) mass is 488 g/mol. The Morgan fingerprint density at radius 2 is 1.93 bits per heavy atom. The highest BCUT2D eigenvalue weighted by Crippen LogP contribution is 2.28. The van der Waals surface area contributed by atoms with Gasteiger partial charge in [0.15, 0.2) is 5.96 Å². The molecule has 0 amide bonds. The van der Waals surface area contributed by atoms with Gasteiger partial charge in [0.25, 0.3) is 0 Å². The number of hydrogen-bond acceptors (Lipinski definition) is 3. The fourth-order valence-electron chi connectivity index (χ4n) is 2.80. The predicted molar refractivity (Wildman–Crippen MR) is 125 cm³/mol. The molecule has 0 bridgehead atoms. The zero-order chi connectivity index (χ0) is 18.8. The van der Waals surface area contributed by atoms with Gasteiger partial charge in [0, 0.05) is 32.8 Å². The van der Waals surface area contributed by atoms with E-state index < -0.39 is 0 Å². The van der Waals surface area contributed by atoms with Crippen molar-refractivity contribution in [1.29, 1.82) is 0 Å². The van der Waals surface area contributed by atoms with Gasteiger partial charge in [0.2, 0.25) is 0 Å². The maximum Gasteiger partial charge on any atom is 0.193 e. The van der Waals surface area contributed by atoms with Crippen LogP contribution in [0.5, 0.6) is 0 Å². The van der Waals surface area contributed by atoms with Gasteiger partial charge < -0.3 is 19.9 Å². The summed E-state index contributed by atoms with van der Waals surface area (Å²) in [6, 6.07) is 11.0. The summed E-state index contributed by atoms with van der Waals surface area (Å²) in [7, 11) is 6.35. The van der Waals surface area contributed by atoms with Crippen LogP contribution in [0.25, 0.3) is 0 Å². The Bertz CT molecular complexity index is 534. The van der Waals surface area contributed by atoms with Crippen LogP contribution < -0.4 is 5.32 Å². The fourth-order valence-corrected chi connectivity index (χ4v) is 2.80. The van der Waals surface area contributed by atoms with Crippen LogP contribution in [0.15, 0.2) is 35.3 Å². The van der Waals surface area contributed by atoms with Gasteiger partial charge in [-0.1, -0.05) is 30.3 Å². The van der Waals surface area contributed by atoms with E-state index in [9.17, 15) is 0 Å². The molecule has 0 saturated heterocycles. The van der Waals surface area contributed by atoms with E-state index >= 15 is 0 Å². The number of rotatable bonds is 11. The molecule has 1 N–H and O–H groups in total. The third-order valence-corrected chi connectivity index (χ3v) is 4.81. The maximum absolute atomic E-state index is 5.77. The summed E-state index contributed by atoms with van der Waals surface area (Å²) in [5.41, 5.74) is 1.35. The lowest BCUT2D eigenvalue weighted by Gasteiger charge is -2.26. The van der Waals surface area contributed by atoms with E-state index in [0.29, 0.717) is 6.04 Å². The molecular formula is C21H37IN4O. The van der Waals surface area contributed by atoms with Crippen molar-refractivity contribution >= 4 is 29.9 Å². The summed E-state index contributed by atoms with van der Waals surface area (Å²) in [6.45, 7) is 6.30. The number of nitrogens with zero attached hydrogens (tertiary/aromatic N) is 3. The molecule has 5 nitrogen and oxygen atoms in total. The summed E-state index contributed by atoms with van der Waals surface area (Å²) in [5.74, 6) is 1.78. The largest absolute Gasteiger partial charge is 0.379 e. The van der Waals surface area contributed by atoms with E-state index in [1.165, 1.54) is 18.4 Å². The van der Waals surface area contributed by atoms with Crippen molar-refractivity contribution in [3.63, 3.8) is 0 Å². The van der Waals surface area contributed by atoms with Gasteiger partial charge in [-0.3, -0.25) is 4.99 Å². The number of likely N-dealkylation sites (N-methyl/N-ethyl adjacent to an activating group) is 2. The smallest absolute Gasteiger partial charge is 0.193 e. The zero-order valence-electron chi connectivity index (χ0n) is 17.4. The first-order valence-electron chi connectivity index (χ1n) is 9.87. The number of hydrogen-bond donors (Lipinski definition) is 1. The summed E-state index contributed by atoms with van der Waals surface area (Å²) >= 11 is 0. The predicted octanol–water partition coefficient (Wildman–Crippen LogP) is 3.10.